The molecule has 0 spiro atoms. The van der Waals surface area contributed by atoms with E-state index in [-0.39, 0.29) is 11.9 Å². The molecule has 1 atom stereocenters. The predicted octanol–water partition coefficient (Wildman–Crippen LogP) is 3.42. The van der Waals surface area contributed by atoms with Crippen LogP contribution in [0.3, 0.4) is 0 Å². The summed E-state index contributed by atoms with van der Waals surface area (Å²) in [4.78, 5) is 0. The summed E-state index contributed by atoms with van der Waals surface area (Å²) in [6.45, 7) is 6.61. The molecule has 1 N–H and O–H groups in total. The summed E-state index contributed by atoms with van der Waals surface area (Å²) in [5.74, 6) is -0.243. The van der Waals surface area contributed by atoms with Crippen molar-refractivity contribution in [3.63, 3.8) is 0 Å². The van der Waals surface area contributed by atoms with E-state index in [1.807, 2.05) is 13.0 Å². The van der Waals surface area contributed by atoms with Gasteiger partial charge in [0.2, 0.25) is 0 Å². The maximum atomic E-state index is 13.0. The van der Waals surface area contributed by atoms with Crippen molar-refractivity contribution in [2.24, 2.45) is 0 Å². The Kier molecular flexibility index (Phi) is 4.29. The molecule has 0 fully saturated rings. The molecule has 0 saturated heterocycles. The summed E-state index contributed by atoms with van der Waals surface area (Å²) in [5, 5.41) is 3.23. The number of hydrogen-bond donors (Lipinski definition) is 1. The first-order chi connectivity index (χ1) is 6.69. The lowest BCUT2D eigenvalue weighted by Crippen LogP contribution is -2.18. The van der Waals surface area contributed by atoms with Crippen molar-refractivity contribution in [1.82, 2.24) is 5.32 Å². The van der Waals surface area contributed by atoms with Gasteiger partial charge in [-0.15, -0.1) is 6.58 Å². The number of benzene rings is 1. The van der Waals surface area contributed by atoms with Gasteiger partial charge in [0, 0.05) is 0 Å². The summed E-state index contributed by atoms with van der Waals surface area (Å²) in [5.41, 5.74) is 1.01. The quantitative estimate of drug-likeness (QED) is 0.816. The summed E-state index contributed by atoms with van der Waals surface area (Å²) in [6.07, 6.45) is 1.81. The van der Waals surface area contributed by atoms with Crippen LogP contribution >= 0.6 is 15.9 Å². The Balaban J connectivity index is 2.93. The molecule has 1 aromatic carbocycles. The first-order valence-corrected chi connectivity index (χ1v) is 5.29. The standard InChI is InChI=1S/C11H13BrFN/c1-3-11(14-4-2)8-5-6-10(13)9(12)7-8/h3,5-7,11,14H,1,4H2,2H3. The molecule has 0 aromatic heterocycles. The van der Waals surface area contributed by atoms with Crippen LogP contribution in [0.1, 0.15) is 18.5 Å². The number of nitrogens with one attached hydrogen (secondary N) is 1. The third-order valence-electron chi connectivity index (χ3n) is 1.96. The highest BCUT2D eigenvalue weighted by Gasteiger charge is 2.07. The Labute approximate surface area is 92.1 Å². The Morgan fingerprint density at radius 2 is 2.36 bits per heavy atom. The van der Waals surface area contributed by atoms with Gasteiger partial charge >= 0.3 is 0 Å². The van der Waals surface area contributed by atoms with Crippen LogP contribution in [0.25, 0.3) is 0 Å². The van der Waals surface area contributed by atoms with Crippen molar-refractivity contribution in [3.05, 3.63) is 46.7 Å². The molecule has 3 heteroatoms. The molecule has 0 aliphatic heterocycles. The Morgan fingerprint density at radius 3 is 2.86 bits per heavy atom. The van der Waals surface area contributed by atoms with E-state index >= 15 is 0 Å². The minimum absolute atomic E-state index is 0.0805. The van der Waals surface area contributed by atoms with Gasteiger partial charge in [-0.1, -0.05) is 19.1 Å². The number of hydrogen-bond acceptors (Lipinski definition) is 1. The van der Waals surface area contributed by atoms with Gasteiger partial charge in [-0.05, 0) is 40.2 Å². The minimum atomic E-state index is -0.243. The van der Waals surface area contributed by atoms with Gasteiger partial charge < -0.3 is 5.32 Å². The molecule has 76 valence electrons. The van der Waals surface area contributed by atoms with Crippen molar-refractivity contribution in [3.8, 4) is 0 Å². The number of likely N-dealkylation sites (N-methyl/N-ethyl adjacent to an activating group) is 1. The van der Waals surface area contributed by atoms with Gasteiger partial charge in [0.05, 0.1) is 10.5 Å². The van der Waals surface area contributed by atoms with Crippen molar-refractivity contribution < 1.29 is 4.39 Å². The van der Waals surface area contributed by atoms with Crippen molar-refractivity contribution in [2.45, 2.75) is 13.0 Å². The van der Waals surface area contributed by atoms with E-state index in [1.165, 1.54) is 6.07 Å². The van der Waals surface area contributed by atoms with Crippen LogP contribution in [0, 0.1) is 5.82 Å². The third kappa shape index (κ3) is 2.66. The van der Waals surface area contributed by atoms with Gasteiger partial charge in [0.15, 0.2) is 0 Å². The second kappa shape index (κ2) is 5.27. The molecule has 1 aromatic rings. The lowest BCUT2D eigenvalue weighted by Gasteiger charge is -2.14. The molecule has 1 rings (SSSR count). The average Bonchev–Trinajstić information content (AvgIpc) is 2.19. The van der Waals surface area contributed by atoms with Gasteiger partial charge in [-0.3, -0.25) is 0 Å². The maximum absolute atomic E-state index is 13.0. The van der Waals surface area contributed by atoms with Crippen LogP contribution in [0.5, 0.6) is 0 Å². The van der Waals surface area contributed by atoms with E-state index in [2.05, 4.69) is 27.8 Å². The molecule has 0 saturated carbocycles. The first-order valence-electron chi connectivity index (χ1n) is 4.50. The molecule has 1 nitrogen and oxygen atoms in total. The van der Waals surface area contributed by atoms with Crippen LogP contribution in [0.2, 0.25) is 0 Å². The third-order valence-corrected chi connectivity index (χ3v) is 2.57. The molecule has 0 bridgehead atoms. The summed E-state index contributed by atoms with van der Waals surface area (Å²) >= 11 is 3.16. The van der Waals surface area contributed by atoms with E-state index in [4.69, 9.17) is 0 Å². The highest BCUT2D eigenvalue weighted by atomic mass is 79.9. The fourth-order valence-corrected chi connectivity index (χ4v) is 1.66. The molecule has 0 aliphatic carbocycles. The Bertz CT molecular complexity index is 325. The number of halogens is 2. The van der Waals surface area contributed by atoms with Crippen LogP contribution in [0.15, 0.2) is 35.3 Å². The minimum Gasteiger partial charge on any atom is -0.307 e. The molecule has 1 unspecified atom stereocenters. The van der Waals surface area contributed by atoms with Crippen LogP contribution < -0.4 is 5.32 Å². The van der Waals surface area contributed by atoms with Crippen molar-refractivity contribution in [2.75, 3.05) is 6.54 Å². The maximum Gasteiger partial charge on any atom is 0.137 e. The SMILES string of the molecule is C=CC(NCC)c1ccc(F)c(Br)c1. The average molecular weight is 258 g/mol. The van der Waals surface area contributed by atoms with Crippen LogP contribution in [-0.4, -0.2) is 6.54 Å². The van der Waals surface area contributed by atoms with E-state index in [1.54, 1.807) is 12.1 Å². The lowest BCUT2D eigenvalue weighted by molar-refractivity contribution is 0.613. The largest absolute Gasteiger partial charge is 0.307 e. The van der Waals surface area contributed by atoms with E-state index < -0.39 is 0 Å². The second-order valence-corrected chi connectivity index (χ2v) is 3.80. The van der Waals surface area contributed by atoms with Gasteiger partial charge in [0.25, 0.3) is 0 Å². The zero-order valence-corrected chi connectivity index (χ0v) is 9.64. The van der Waals surface area contributed by atoms with Crippen molar-refractivity contribution >= 4 is 15.9 Å². The molecule has 14 heavy (non-hydrogen) atoms. The molecule has 0 radical (unpaired) electrons. The summed E-state index contributed by atoms with van der Waals surface area (Å²) < 4.78 is 13.4. The fourth-order valence-electron chi connectivity index (χ4n) is 1.26. The topological polar surface area (TPSA) is 12.0 Å². The number of rotatable bonds is 4. The van der Waals surface area contributed by atoms with Crippen LogP contribution in [-0.2, 0) is 0 Å². The van der Waals surface area contributed by atoms with Gasteiger partial charge in [-0.2, -0.15) is 0 Å². The lowest BCUT2D eigenvalue weighted by atomic mass is 10.1. The smallest absolute Gasteiger partial charge is 0.137 e. The molecule has 0 heterocycles. The highest BCUT2D eigenvalue weighted by molar-refractivity contribution is 9.10. The molecule has 0 amide bonds. The monoisotopic (exact) mass is 257 g/mol. The van der Waals surface area contributed by atoms with Crippen LogP contribution in [0.4, 0.5) is 4.39 Å². The zero-order chi connectivity index (χ0) is 10.6. The first kappa shape index (κ1) is 11.4. The van der Waals surface area contributed by atoms with Gasteiger partial charge in [-0.25, -0.2) is 4.39 Å². The molecular formula is C11H13BrFN. The fraction of sp³-hybridized carbons (Fsp3) is 0.273. The predicted molar refractivity (Wildman–Crippen MR) is 60.7 cm³/mol. The van der Waals surface area contributed by atoms with Gasteiger partial charge in [0.1, 0.15) is 5.82 Å². The van der Waals surface area contributed by atoms with E-state index in [9.17, 15) is 4.39 Å². The second-order valence-electron chi connectivity index (χ2n) is 2.94. The summed E-state index contributed by atoms with van der Waals surface area (Å²) in [6, 6.07) is 5.06. The Hall–Kier alpha value is -0.670. The summed E-state index contributed by atoms with van der Waals surface area (Å²) in [7, 11) is 0. The zero-order valence-electron chi connectivity index (χ0n) is 8.06. The van der Waals surface area contributed by atoms with E-state index in [0.29, 0.717) is 4.47 Å². The van der Waals surface area contributed by atoms with E-state index in [0.717, 1.165) is 12.1 Å². The Morgan fingerprint density at radius 1 is 1.64 bits per heavy atom. The highest BCUT2D eigenvalue weighted by Crippen LogP contribution is 2.21. The molecule has 0 aliphatic rings. The normalized spacial score (nSPS) is 12.5. The van der Waals surface area contributed by atoms with Crippen molar-refractivity contribution in [1.29, 1.82) is 0 Å². The molecular weight excluding hydrogens is 245 g/mol.